The van der Waals surface area contributed by atoms with Gasteiger partial charge in [0.05, 0.1) is 11.6 Å². The average Bonchev–Trinajstić information content (AvgIpc) is 2.50. The number of hydrogen-bond acceptors (Lipinski definition) is 5. The third-order valence-electron chi connectivity index (χ3n) is 2.61. The van der Waals surface area contributed by atoms with E-state index in [2.05, 4.69) is 10.3 Å². The zero-order valence-electron chi connectivity index (χ0n) is 11.5. The standard InChI is InChI=1S/C15H14ClN3O2/c1-20-7-8-21-14-6-5-11(9-13(14)16)18-15-4-2-3-12(10-17)19-15/h2-6,9H,7-8H2,1H3,(H,18,19). The Hall–Kier alpha value is -2.29. The fourth-order valence-electron chi connectivity index (χ4n) is 1.65. The van der Waals surface area contributed by atoms with Gasteiger partial charge in [-0.25, -0.2) is 4.98 Å². The molecule has 6 heteroatoms. The van der Waals surface area contributed by atoms with E-state index in [1.165, 1.54) is 0 Å². The van der Waals surface area contributed by atoms with E-state index in [4.69, 9.17) is 26.3 Å². The molecular weight excluding hydrogens is 290 g/mol. The maximum atomic E-state index is 8.82. The summed E-state index contributed by atoms with van der Waals surface area (Å²) in [6.45, 7) is 0.940. The number of pyridine rings is 1. The highest BCUT2D eigenvalue weighted by atomic mass is 35.5. The molecule has 2 rings (SSSR count). The maximum absolute atomic E-state index is 8.82. The van der Waals surface area contributed by atoms with E-state index in [0.29, 0.717) is 35.5 Å². The Kier molecular flexibility index (Phi) is 5.38. The molecule has 1 aromatic heterocycles. The van der Waals surface area contributed by atoms with E-state index in [-0.39, 0.29) is 0 Å². The van der Waals surface area contributed by atoms with Gasteiger partial charge in [-0.3, -0.25) is 0 Å². The van der Waals surface area contributed by atoms with Gasteiger partial charge in [-0.05, 0) is 30.3 Å². The predicted octanol–water partition coefficient (Wildman–Crippen LogP) is 3.38. The zero-order valence-corrected chi connectivity index (χ0v) is 12.2. The molecule has 0 atom stereocenters. The summed E-state index contributed by atoms with van der Waals surface area (Å²) in [5, 5.41) is 12.4. The van der Waals surface area contributed by atoms with Crippen LogP contribution in [0.1, 0.15) is 5.69 Å². The minimum atomic E-state index is 0.352. The molecule has 0 aliphatic rings. The molecule has 21 heavy (non-hydrogen) atoms. The molecule has 0 bridgehead atoms. The number of nitrogens with one attached hydrogen (secondary N) is 1. The number of ether oxygens (including phenoxy) is 2. The van der Waals surface area contributed by atoms with Crippen LogP contribution >= 0.6 is 11.6 Å². The van der Waals surface area contributed by atoms with Crippen LogP contribution in [0.4, 0.5) is 11.5 Å². The first-order valence-electron chi connectivity index (χ1n) is 6.28. The summed E-state index contributed by atoms with van der Waals surface area (Å²) in [6.07, 6.45) is 0. The Morgan fingerprint density at radius 2 is 2.14 bits per heavy atom. The summed E-state index contributed by atoms with van der Waals surface area (Å²) < 4.78 is 10.4. The lowest BCUT2D eigenvalue weighted by Crippen LogP contribution is -2.04. The largest absolute Gasteiger partial charge is 0.490 e. The van der Waals surface area contributed by atoms with Gasteiger partial charge in [0.15, 0.2) is 0 Å². The van der Waals surface area contributed by atoms with Crippen LogP contribution in [-0.2, 0) is 4.74 Å². The highest BCUT2D eigenvalue weighted by Gasteiger charge is 2.04. The molecule has 5 nitrogen and oxygen atoms in total. The van der Waals surface area contributed by atoms with Gasteiger partial charge in [-0.15, -0.1) is 0 Å². The minimum absolute atomic E-state index is 0.352. The van der Waals surface area contributed by atoms with Crippen molar-refractivity contribution in [3.63, 3.8) is 0 Å². The van der Waals surface area contributed by atoms with Crippen LogP contribution in [0.3, 0.4) is 0 Å². The summed E-state index contributed by atoms with van der Waals surface area (Å²) in [7, 11) is 1.61. The van der Waals surface area contributed by atoms with Gasteiger partial charge in [-0.1, -0.05) is 17.7 Å². The minimum Gasteiger partial charge on any atom is -0.490 e. The predicted molar refractivity (Wildman–Crippen MR) is 81.1 cm³/mol. The summed E-state index contributed by atoms with van der Waals surface area (Å²) in [4.78, 5) is 4.14. The van der Waals surface area contributed by atoms with Crippen LogP contribution in [0.2, 0.25) is 5.02 Å². The number of hydrogen-bond donors (Lipinski definition) is 1. The smallest absolute Gasteiger partial charge is 0.142 e. The van der Waals surface area contributed by atoms with Crippen molar-refractivity contribution in [2.45, 2.75) is 0 Å². The number of nitriles is 1. The van der Waals surface area contributed by atoms with Gasteiger partial charge in [0.2, 0.25) is 0 Å². The molecule has 0 saturated carbocycles. The second-order valence-electron chi connectivity index (χ2n) is 4.13. The van der Waals surface area contributed by atoms with Gasteiger partial charge in [0, 0.05) is 12.8 Å². The van der Waals surface area contributed by atoms with Crippen molar-refractivity contribution in [1.29, 1.82) is 5.26 Å². The quantitative estimate of drug-likeness (QED) is 0.829. The number of anilines is 2. The molecule has 0 aliphatic carbocycles. The highest BCUT2D eigenvalue weighted by molar-refractivity contribution is 6.32. The van der Waals surface area contributed by atoms with Crippen molar-refractivity contribution >= 4 is 23.1 Å². The molecule has 1 N–H and O–H groups in total. The number of nitrogens with zero attached hydrogens (tertiary/aromatic N) is 2. The van der Waals surface area contributed by atoms with E-state index in [1.54, 1.807) is 37.4 Å². The van der Waals surface area contributed by atoms with Crippen LogP contribution in [0, 0.1) is 11.3 Å². The molecule has 1 heterocycles. The van der Waals surface area contributed by atoms with Crippen molar-refractivity contribution < 1.29 is 9.47 Å². The number of halogens is 1. The van der Waals surface area contributed by atoms with E-state index in [0.717, 1.165) is 5.69 Å². The Morgan fingerprint density at radius 1 is 1.29 bits per heavy atom. The Morgan fingerprint density at radius 3 is 2.86 bits per heavy atom. The monoisotopic (exact) mass is 303 g/mol. The molecular formula is C15H14ClN3O2. The highest BCUT2D eigenvalue weighted by Crippen LogP contribution is 2.28. The maximum Gasteiger partial charge on any atom is 0.142 e. The van der Waals surface area contributed by atoms with Gasteiger partial charge in [-0.2, -0.15) is 5.26 Å². The third kappa shape index (κ3) is 4.35. The lowest BCUT2D eigenvalue weighted by molar-refractivity contribution is 0.146. The van der Waals surface area contributed by atoms with Crippen LogP contribution in [0.25, 0.3) is 0 Å². The molecule has 1 aromatic carbocycles. The van der Waals surface area contributed by atoms with Crippen molar-refractivity contribution in [3.8, 4) is 11.8 Å². The lowest BCUT2D eigenvalue weighted by Gasteiger charge is -2.10. The molecule has 0 amide bonds. The first-order chi connectivity index (χ1) is 10.2. The van der Waals surface area contributed by atoms with E-state index in [1.807, 2.05) is 12.1 Å². The first-order valence-corrected chi connectivity index (χ1v) is 6.66. The first kappa shape index (κ1) is 15.1. The molecule has 0 fully saturated rings. The van der Waals surface area contributed by atoms with Crippen LogP contribution in [-0.4, -0.2) is 25.3 Å². The van der Waals surface area contributed by atoms with Crippen molar-refractivity contribution in [1.82, 2.24) is 4.98 Å². The third-order valence-corrected chi connectivity index (χ3v) is 2.91. The molecule has 0 unspecified atom stereocenters. The number of benzene rings is 1. The van der Waals surface area contributed by atoms with E-state index in [9.17, 15) is 0 Å². The summed E-state index contributed by atoms with van der Waals surface area (Å²) in [6, 6.07) is 12.5. The Bertz CT molecular complexity index is 656. The van der Waals surface area contributed by atoms with Crippen LogP contribution in [0.15, 0.2) is 36.4 Å². The normalized spacial score (nSPS) is 9.95. The van der Waals surface area contributed by atoms with Gasteiger partial charge >= 0.3 is 0 Å². The molecule has 0 radical (unpaired) electrons. The average molecular weight is 304 g/mol. The van der Waals surface area contributed by atoms with Gasteiger partial charge in [0.1, 0.15) is 29.9 Å². The number of aromatic nitrogens is 1. The molecule has 108 valence electrons. The zero-order chi connectivity index (χ0) is 15.1. The van der Waals surface area contributed by atoms with E-state index >= 15 is 0 Å². The molecule has 0 aliphatic heterocycles. The fraction of sp³-hybridized carbons (Fsp3) is 0.200. The number of rotatable bonds is 6. The Balaban J connectivity index is 2.07. The van der Waals surface area contributed by atoms with Crippen LogP contribution in [0.5, 0.6) is 5.75 Å². The second-order valence-corrected chi connectivity index (χ2v) is 4.54. The molecule has 0 spiro atoms. The second kappa shape index (κ2) is 7.48. The number of methoxy groups -OCH3 is 1. The fourth-order valence-corrected chi connectivity index (χ4v) is 1.88. The van der Waals surface area contributed by atoms with Crippen molar-refractivity contribution in [2.75, 3.05) is 25.6 Å². The summed E-state index contributed by atoms with van der Waals surface area (Å²) >= 11 is 6.15. The van der Waals surface area contributed by atoms with Gasteiger partial charge in [0.25, 0.3) is 0 Å². The lowest BCUT2D eigenvalue weighted by atomic mass is 10.3. The Labute approximate surface area is 128 Å². The summed E-state index contributed by atoms with van der Waals surface area (Å²) in [5.41, 5.74) is 1.12. The van der Waals surface area contributed by atoms with Crippen molar-refractivity contribution in [3.05, 3.63) is 47.1 Å². The van der Waals surface area contributed by atoms with Gasteiger partial charge < -0.3 is 14.8 Å². The topological polar surface area (TPSA) is 67.2 Å². The van der Waals surface area contributed by atoms with Crippen LogP contribution < -0.4 is 10.1 Å². The van der Waals surface area contributed by atoms with Crippen molar-refractivity contribution in [2.24, 2.45) is 0 Å². The molecule has 0 saturated heterocycles. The van der Waals surface area contributed by atoms with E-state index < -0.39 is 0 Å². The molecule has 2 aromatic rings. The summed E-state index contributed by atoms with van der Waals surface area (Å²) in [5.74, 6) is 1.18. The SMILES string of the molecule is COCCOc1ccc(Nc2cccc(C#N)n2)cc1Cl.